The Morgan fingerprint density at radius 2 is 1.74 bits per heavy atom. The zero-order valence-corrected chi connectivity index (χ0v) is 15.0. The molecule has 0 bridgehead atoms. The van der Waals surface area contributed by atoms with Gasteiger partial charge in [0.05, 0.1) is 16.6 Å². The van der Waals surface area contributed by atoms with Crippen LogP contribution in [0.5, 0.6) is 0 Å². The molecule has 7 nitrogen and oxygen atoms in total. The van der Waals surface area contributed by atoms with E-state index in [4.69, 9.17) is 0 Å². The summed E-state index contributed by atoms with van der Waals surface area (Å²) in [6.45, 7) is 0. The Morgan fingerprint density at radius 1 is 0.889 bits per heavy atom. The molecule has 27 heavy (non-hydrogen) atoms. The van der Waals surface area contributed by atoms with Crippen LogP contribution in [0.1, 0.15) is 11.0 Å². The summed E-state index contributed by atoms with van der Waals surface area (Å²) < 4.78 is 1.12. The highest BCUT2D eigenvalue weighted by atomic mass is 32.1. The summed E-state index contributed by atoms with van der Waals surface area (Å²) in [5.41, 5.74) is 15.1. The Kier molecular flexibility index (Phi) is 4.24. The van der Waals surface area contributed by atoms with Gasteiger partial charge >= 0.3 is 0 Å². The van der Waals surface area contributed by atoms with E-state index in [9.17, 15) is 0 Å². The van der Waals surface area contributed by atoms with Gasteiger partial charge in [-0.25, -0.2) is 15.8 Å². The number of anilines is 2. The largest absolute Gasteiger partial charge is 0.338 e. The molecule has 1 aromatic carbocycles. The number of pyridine rings is 2. The number of benzene rings is 1. The first kappa shape index (κ1) is 16.3. The molecule has 0 saturated carbocycles. The lowest BCUT2D eigenvalue weighted by Gasteiger charge is -2.08. The van der Waals surface area contributed by atoms with Crippen molar-refractivity contribution >= 4 is 32.9 Å². The first-order chi connectivity index (χ1) is 13.4. The van der Waals surface area contributed by atoms with Crippen LogP contribution in [0.2, 0.25) is 0 Å². The summed E-state index contributed by atoms with van der Waals surface area (Å²) in [5.74, 6) is 0.789. The van der Waals surface area contributed by atoms with Crippen molar-refractivity contribution in [1.82, 2.24) is 31.9 Å². The average molecular weight is 375 g/mol. The first-order valence-corrected chi connectivity index (χ1v) is 9.35. The van der Waals surface area contributed by atoms with E-state index >= 15 is 0 Å². The molecule has 4 aromatic rings. The highest BCUT2D eigenvalue weighted by molar-refractivity contribution is 7.19. The van der Waals surface area contributed by atoms with Gasteiger partial charge in [0.15, 0.2) is 0 Å². The van der Waals surface area contributed by atoms with Crippen molar-refractivity contribution < 1.29 is 0 Å². The smallest absolute Gasteiger partial charge is 0.130 e. The molecule has 8 heteroatoms. The van der Waals surface area contributed by atoms with Crippen LogP contribution in [-0.2, 0) is 0 Å². The Hall–Kier alpha value is -2.88. The average Bonchev–Trinajstić information content (AvgIpc) is 3.39. The van der Waals surface area contributed by atoms with Crippen molar-refractivity contribution in [2.24, 2.45) is 0 Å². The fourth-order valence-electron chi connectivity index (χ4n) is 3.02. The van der Waals surface area contributed by atoms with E-state index in [1.165, 1.54) is 0 Å². The highest BCUT2D eigenvalue weighted by Gasteiger charge is 2.18. The number of nitrogens with one attached hydrogen (secondary N) is 5. The molecule has 4 heterocycles. The topological polar surface area (TPSA) is 85.9 Å². The molecule has 1 fully saturated rings. The Morgan fingerprint density at radius 3 is 2.52 bits per heavy atom. The van der Waals surface area contributed by atoms with E-state index in [1.54, 1.807) is 11.3 Å². The van der Waals surface area contributed by atoms with E-state index in [2.05, 4.69) is 61.5 Å². The molecule has 0 amide bonds. The van der Waals surface area contributed by atoms with Gasteiger partial charge in [-0.2, -0.15) is 11.1 Å². The summed E-state index contributed by atoms with van der Waals surface area (Å²) in [6.07, 6.45) is 5.61. The van der Waals surface area contributed by atoms with Crippen molar-refractivity contribution in [3.63, 3.8) is 0 Å². The van der Waals surface area contributed by atoms with Gasteiger partial charge in [0.1, 0.15) is 12.0 Å². The van der Waals surface area contributed by atoms with Crippen LogP contribution in [0.3, 0.4) is 0 Å². The summed E-state index contributed by atoms with van der Waals surface area (Å²) in [4.78, 5) is 10.1. The zero-order chi connectivity index (χ0) is 18.1. The predicted molar refractivity (Wildman–Crippen MR) is 108 cm³/mol. The molecule has 0 aliphatic carbocycles. The van der Waals surface area contributed by atoms with E-state index in [0.717, 1.165) is 37.6 Å². The van der Waals surface area contributed by atoms with Crippen LogP contribution in [0.25, 0.3) is 21.2 Å². The molecule has 1 saturated heterocycles. The first-order valence-electron chi connectivity index (χ1n) is 8.54. The Labute approximate surface area is 159 Å². The Balaban J connectivity index is 1.42. The van der Waals surface area contributed by atoms with Gasteiger partial charge < -0.3 is 5.32 Å². The molecule has 1 aliphatic heterocycles. The number of rotatable bonds is 4. The fourth-order valence-corrected chi connectivity index (χ4v) is 4.08. The van der Waals surface area contributed by atoms with E-state index in [0.29, 0.717) is 0 Å². The molecular formula is C19H17N7S. The van der Waals surface area contributed by atoms with Crippen LogP contribution in [0.4, 0.5) is 11.5 Å². The quantitative estimate of drug-likeness (QED) is 0.374. The van der Waals surface area contributed by atoms with Crippen molar-refractivity contribution in [3.8, 4) is 11.1 Å². The molecule has 0 radical (unpaired) electrons. The Bertz CT molecular complexity index is 1060. The third kappa shape index (κ3) is 3.27. The van der Waals surface area contributed by atoms with Crippen LogP contribution < -0.4 is 27.2 Å². The second-order valence-corrected chi connectivity index (χ2v) is 7.26. The number of thiophene rings is 1. The second-order valence-electron chi connectivity index (χ2n) is 6.14. The maximum Gasteiger partial charge on any atom is 0.130 e. The van der Waals surface area contributed by atoms with Crippen molar-refractivity contribution in [1.29, 1.82) is 0 Å². The monoisotopic (exact) mass is 375 g/mol. The van der Waals surface area contributed by atoms with Gasteiger partial charge in [0.25, 0.3) is 0 Å². The zero-order valence-electron chi connectivity index (χ0n) is 14.2. The van der Waals surface area contributed by atoms with E-state index < -0.39 is 0 Å². The number of nitrogens with zero attached hydrogens (tertiary/aromatic N) is 2. The fraction of sp³-hybridized carbons (Fsp3) is 0.0526. The minimum Gasteiger partial charge on any atom is -0.338 e. The van der Waals surface area contributed by atoms with Crippen LogP contribution in [-0.4, -0.2) is 9.97 Å². The lowest BCUT2D eigenvalue weighted by atomic mass is 10.1. The number of hydrazine groups is 3. The van der Waals surface area contributed by atoms with Gasteiger partial charge in [-0.3, -0.25) is 4.98 Å². The lowest BCUT2D eigenvalue weighted by Crippen LogP contribution is -2.33. The van der Waals surface area contributed by atoms with Gasteiger partial charge in [-0.05, 0) is 23.8 Å². The normalized spacial score (nSPS) is 14.7. The summed E-state index contributed by atoms with van der Waals surface area (Å²) in [5, 5.41) is 4.51. The van der Waals surface area contributed by atoms with E-state index in [1.807, 2.05) is 42.9 Å². The van der Waals surface area contributed by atoms with Gasteiger partial charge in [0.2, 0.25) is 0 Å². The molecule has 0 unspecified atom stereocenters. The standard InChI is InChI=1S/C19H17N7S/c1-2-4-12(5-3-1)13-6-7-18(21-9-13)22-15-10-20-11-17-14(15)8-16(27-17)19-23-25-26-24-19/h1-11,19,23-26H,(H,21,22). The van der Waals surface area contributed by atoms with Crippen LogP contribution >= 0.6 is 11.3 Å². The van der Waals surface area contributed by atoms with E-state index in [-0.39, 0.29) is 6.17 Å². The SMILES string of the molecule is c1ccc(-c2ccc(Nc3cncc4sc(C5NNNN5)cc34)nc2)cc1. The summed E-state index contributed by atoms with van der Waals surface area (Å²) >= 11 is 1.69. The second kappa shape index (κ2) is 7.03. The van der Waals surface area contributed by atoms with Crippen LogP contribution in [0, 0.1) is 0 Å². The predicted octanol–water partition coefficient (Wildman–Crippen LogP) is 3.22. The van der Waals surface area contributed by atoms with Crippen molar-refractivity contribution in [2.45, 2.75) is 6.17 Å². The van der Waals surface area contributed by atoms with Crippen LogP contribution in [0.15, 0.2) is 67.1 Å². The highest BCUT2D eigenvalue weighted by Crippen LogP contribution is 2.34. The third-order valence-corrected chi connectivity index (χ3v) is 5.51. The number of fused-ring (bicyclic) bond motifs is 1. The number of hydrogen-bond acceptors (Lipinski definition) is 8. The number of hydrogen-bond donors (Lipinski definition) is 5. The van der Waals surface area contributed by atoms with Gasteiger partial charge in [-0.15, -0.1) is 11.3 Å². The molecule has 134 valence electrons. The molecule has 5 rings (SSSR count). The summed E-state index contributed by atoms with van der Waals surface area (Å²) in [6, 6.07) is 16.4. The van der Waals surface area contributed by atoms with Gasteiger partial charge in [0, 0.05) is 28.2 Å². The molecule has 1 aliphatic rings. The molecular weight excluding hydrogens is 358 g/mol. The maximum absolute atomic E-state index is 4.56. The van der Waals surface area contributed by atoms with Crippen molar-refractivity contribution in [2.75, 3.05) is 5.32 Å². The minimum absolute atomic E-state index is 0.0125. The molecule has 3 aromatic heterocycles. The molecule has 0 atom stereocenters. The third-order valence-electron chi connectivity index (χ3n) is 4.38. The maximum atomic E-state index is 4.56. The minimum atomic E-state index is 0.0125. The summed E-state index contributed by atoms with van der Waals surface area (Å²) in [7, 11) is 0. The molecule has 5 N–H and O–H groups in total. The lowest BCUT2D eigenvalue weighted by molar-refractivity contribution is 0.556. The van der Waals surface area contributed by atoms with Gasteiger partial charge in [-0.1, -0.05) is 30.3 Å². The number of aromatic nitrogens is 2. The molecule has 0 spiro atoms. The van der Waals surface area contributed by atoms with Crippen molar-refractivity contribution in [3.05, 3.63) is 72.0 Å².